The highest BCUT2D eigenvalue weighted by Gasteiger charge is 2.32. The van der Waals surface area contributed by atoms with Gasteiger partial charge in [-0.15, -0.1) is 0 Å². The molecule has 3 N–H and O–H groups in total. The Hall–Kier alpha value is -2.42. The molecule has 0 aliphatic carbocycles. The normalized spacial score (nSPS) is 22.0. The van der Waals surface area contributed by atoms with Crippen LogP contribution in [0.4, 0.5) is 0 Å². The van der Waals surface area contributed by atoms with Crippen molar-refractivity contribution in [2.75, 3.05) is 45.9 Å². The summed E-state index contributed by atoms with van der Waals surface area (Å²) in [6.45, 7) is 4.24. The van der Waals surface area contributed by atoms with Gasteiger partial charge in [0.25, 0.3) is 0 Å². The van der Waals surface area contributed by atoms with Crippen LogP contribution in [-0.2, 0) is 14.3 Å². The molecule has 2 unspecified atom stereocenters. The Morgan fingerprint density at radius 2 is 2.03 bits per heavy atom. The number of fused-ring (bicyclic) bond motifs is 1. The summed E-state index contributed by atoms with van der Waals surface area (Å²) in [6, 6.07) is 7.06. The van der Waals surface area contributed by atoms with Gasteiger partial charge in [-0.05, 0) is 18.9 Å². The number of carboxylic acid groups (broad SMARTS) is 1. The second kappa shape index (κ2) is 8.94. The SMILES string of the molecule is O=C(CN1CCN(C(C(=O)O)c2c[nH]c3ccccc23)CC1)NCC1CCCO1. The number of nitrogens with zero attached hydrogens (tertiary/aromatic N) is 2. The van der Waals surface area contributed by atoms with E-state index in [4.69, 9.17) is 4.74 Å². The lowest BCUT2D eigenvalue weighted by Crippen LogP contribution is -2.51. The summed E-state index contributed by atoms with van der Waals surface area (Å²) < 4.78 is 5.53. The Labute approximate surface area is 169 Å². The number of amides is 1. The van der Waals surface area contributed by atoms with Crippen LogP contribution in [0.25, 0.3) is 10.9 Å². The zero-order chi connectivity index (χ0) is 20.2. The van der Waals surface area contributed by atoms with Crippen molar-refractivity contribution in [3.63, 3.8) is 0 Å². The highest BCUT2D eigenvalue weighted by molar-refractivity contribution is 5.89. The topological polar surface area (TPSA) is 97.9 Å². The number of aromatic nitrogens is 1. The van der Waals surface area contributed by atoms with Crippen molar-refractivity contribution < 1.29 is 19.4 Å². The molecule has 1 amide bonds. The van der Waals surface area contributed by atoms with Crippen molar-refractivity contribution in [3.8, 4) is 0 Å². The number of rotatable bonds is 7. The van der Waals surface area contributed by atoms with Crippen LogP contribution >= 0.6 is 0 Å². The van der Waals surface area contributed by atoms with Gasteiger partial charge >= 0.3 is 5.97 Å². The molecule has 0 bridgehead atoms. The van der Waals surface area contributed by atoms with Crippen molar-refractivity contribution >= 4 is 22.8 Å². The number of para-hydroxylation sites is 1. The maximum atomic E-state index is 12.2. The van der Waals surface area contributed by atoms with E-state index < -0.39 is 12.0 Å². The number of benzene rings is 1. The molecule has 0 spiro atoms. The summed E-state index contributed by atoms with van der Waals surface area (Å²) in [6.07, 6.45) is 4.00. The van der Waals surface area contributed by atoms with Crippen LogP contribution in [0, 0.1) is 0 Å². The van der Waals surface area contributed by atoms with Crippen molar-refractivity contribution in [3.05, 3.63) is 36.0 Å². The summed E-state index contributed by atoms with van der Waals surface area (Å²) in [5.74, 6) is -0.849. The van der Waals surface area contributed by atoms with Crippen LogP contribution in [0.1, 0.15) is 24.4 Å². The Kier molecular flexibility index (Phi) is 6.13. The number of carbonyl (C=O) groups is 2. The molecule has 2 saturated heterocycles. The number of aliphatic carboxylic acids is 1. The van der Waals surface area contributed by atoms with Crippen LogP contribution in [0.15, 0.2) is 30.5 Å². The van der Waals surface area contributed by atoms with E-state index in [0.29, 0.717) is 39.3 Å². The molecule has 2 aliphatic rings. The first-order valence-electron chi connectivity index (χ1n) is 10.3. The van der Waals surface area contributed by atoms with E-state index in [-0.39, 0.29) is 12.0 Å². The molecule has 1 aromatic carbocycles. The Morgan fingerprint density at radius 3 is 2.76 bits per heavy atom. The largest absolute Gasteiger partial charge is 0.480 e. The molecule has 8 heteroatoms. The minimum absolute atomic E-state index is 0.000336. The van der Waals surface area contributed by atoms with Gasteiger partial charge in [-0.3, -0.25) is 19.4 Å². The van der Waals surface area contributed by atoms with Crippen LogP contribution in [0.2, 0.25) is 0 Å². The van der Waals surface area contributed by atoms with Gasteiger partial charge in [-0.25, -0.2) is 0 Å². The highest BCUT2D eigenvalue weighted by Crippen LogP contribution is 2.29. The molecule has 2 aliphatic heterocycles. The third-order valence-corrected chi connectivity index (χ3v) is 5.84. The predicted octanol–water partition coefficient (Wildman–Crippen LogP) is 1.21. The van der Waals surface area contributed by atoms with E-state index in [9.17, 15) is 14.7 Å². The standard InChI is InChI=1S/C21H28N4O4/c26-19(23-12-15-4-3-11-29-15)14-24-7-9-25(10-8-24)20(21(27)28)17-13-22-18-6-2-1-5-16(17)18/h1-2,5-6,13,15,20,22H,3-4,7-12,14H2,(H,23,26)(H,27,28). The molecular formula is C21H28N4O4. The van der Waals surface area contributed by atoms with Crippen molar-refractivity contribution in [2.45, 2.75) is 25.0 Å². The van der Waals surface area contributed by atoms with E-state index >= 15 is 0 Å². The number of aromatic amines is 1. The van der Waals surface area contributed by atoms with Crippen LogP contribution in [-0.4, -0.2) is 83.7 Å². The quantitative estimate of drug-likeness (QED) is 0.646. The average molecular weight is 400 g/mol. The first-order valence-corrected chi connectivity index (χ1v) is 10.3. The minimum Gasteiger partial charge on any atom is -0.480 e. The van der Waals surface area contributed by atoms with Gasteiger partial charge in [0.1, 0.15) is 6.04 Å². The highest BCUT2D eigenvalue weighted by atomic mass is 16.5. The molecule has 3 heterocycles. The first kappa shape index (κ1) is 19.9. The van der Waals surface area contributed by atoms with E-state index in [1.165, 1.54) is 0 Å². The molecule has 2 aromatic rings. The lowest BCUT2D eigenvalue weighted by atomic mass is 10.0. The van der Waals surface area contributed by atoms with E-state index in [1.54, 1.807) is 6.20 Å². The fraction of sp³-hybridized carbons (Fsp3) is 0.524. The molecule has 8 nitrogen and oxygen atoms in total. The van der Waals surface area contributed by atoms with Gasteiger partial charge in [0.05, 0.1) is 12.6 Å². The lowest BCUT2D eigenvalue weighted by molar-refractivity contribution is -0.144. The van der Waals surface area contributed by atoms with Gasteiger partial charge in [0.2, 0.25) is 5.91 Å². The number of nitrogens with one attached hydrogen (secondary N) is 2. The maximum absolute atomic E-state index is 12.2. The number of H-pyrrole nitrogens is 1. The van der Waals surface area contributed by atoms with Gasteiger partial charge < -0.3 is 20.1 Å². The number of carbonyl (C=O) groups excluding carboxylic acids is 1. The molecule has 0 radical (unpaired) electrons. The summed E-state index contributed by atoms with van der Waals surface area (Å²) >= 11 is 0. The summed E-state index contributed by atoms with van der Waals surface area (Å²) in [7, 11) is 0. The number of hydrogen-bond acceptors (Lipinski definition) is 5. The number of hydrogen-bond donors (Lipinski definition) is 3. The summed E-state index contributed by atoms with van der Waals surface area (Å²) in [5.41, 5.74) is 1.73. The second-order valence-electron chi connectivity index (χ2n) is 7.78. The Morgan fingerprint density at radius 1 is 1.24 bits per heavy atom. The lowest BCUT2D eigenvalue weighted by Gasteiger charge is -2.37. The average Bonchev–Trinajstić information content (AvgIpc) is 3.38. The first-order chi connectivity index (χ1) is 14.1. The summed E-state index contributed by atoms with van der Waals surface area (Å²) in [4.78, 5) is 31.5. The van der Waals surface area contributed by atoms with Gasteiger partial charge in [-0.2, -0.15) is 0 Å². The van der Waals surface area contributed by atoms with Gasteiger partial charge in [0, 0.05) is 62.0 Å². The van der Waals surface area contributed by atoms with E-state index in [1.807, 2.05) is 29.2 Å². The van der Waals surface area contributed by atoms with E-state index in [0.717, 1.165) is 35.9 Å². The molecule has 1 aromatic heterocycles. The maximum Gasteiger partial charge on any atom is 0.325 e. The summed E-state index contributed by atoms with van der Waals surface area (Å²) in [5, 5.41) is 13.8. The van der Waals surface area contributed by atoms with Crippen molar-refractivity contribution in [1.82, 2.24) is 20.1 Å². The second-order valence-corrected chi connectivity index (χ2v) is 7.78. The molecule has 29 heavy (non-hydrogen) atoms. The molecular weight excluding hydrogens is 372 g/mol. The number of carboxylic acids is 1. The fourth-order valence-electron chi connectivity index (χ4n) is 4.28. The monoisotopic (exact) mass is 400 g/mol. The van der Waals surface area contributed by atoms with Crippen LogP contribution in [0.3, 0.4) is 0 Å². The molecule has 2 atom stereocenters. The molecule has 4 rings (SSSR count). The van der Waals surface area contributed by atoms with Crippen LogP contribution < -0.4 is 5.32 Å². The number of ether oxygens (including phenoxy) is 1. The van der Waals surface area contributed by atoms with Gasteiger partial charge in [-0.1, -0.05) is 18.2 Å². The zero-order valence-electron chi connectivity index (χ0n) is 16.5. The van der Waals surface area contributed by atoms with Crippen LogP contribution in [0.5, 0.6) is 0 Å². The zero-order valence-corrected chi connectivity index (χ0v) is 16.5. The minimum atomic E-state index is -0.850. The third-order valence-electron chi connectivity index (χ3n) is 5.84. The van der Waals surface area contributed by atoms with E-state index in [2.05, 4.69) is 15.2 Å². The Bertz CT molecular complexity index is 853. The van der Waals surface area contributed by atoms with Crippen molar-refractivity contribution in [1.29, 1.82) is 0 Å². The molecule has 156 valence electrons. The molecule has 2 fully saturated rings. The Balaban J connectivity index is 1.32. The smallest absolute Gasteiger partial charge is 0.325 e. The van der Waals surface area contributed by atoms with Gasteiger partial charge in [0.15, 0.2) is 0 Å². The van der Waals surface area contributed by atoms with Crippen molar-refractivity contribution in [2.24, 2.45) is 0 Å². The number of piperazine rings is 1. The predicted molar refractivity (Wildman–Crippen MR) is 109 cm³/mol. The molecule has 0 saturated carbocycles. The third kappa shape index (κ3) is 4.60. The fourth-order valence-corrected chi connectivity index (χ4v) is 4.28.